The number of hydrogen-bond acceptors (Lipinski definition) is 13. The number of carbonyl (C=O) groups excluding carboxylic acids is 3. The van der Waals surface area contributed by atoms with Gasteiger partial charge >= 0.3 is 12.1 Å². The van der Waals surface area contributed by atoms with E-state index in [2.05, 4.69) is 12.2 Å². The van der Waals surface area contributed by atoms with Crippen molar-refractivity contribution in [2.24, 2.45) is 23.5 Å². The molecule has 0 bridgehead atoms. The molecular formula is C36H68N4O10. The molecule has 2 aliphatic rings. The first-order chi connectivity index (χ1) is 23.1. The van der Waals surface area contributed by atoms with Crippen molar-refractivity contribution in [3.05, 3.63) is 0 Å². The fourth-order valence-electron chi connectivity index (χ4n) is 7.39. The Morgan fingerprint density at radius 2 is 1.76 bits per heavy atom. The quantitative estimate of drug-likeness (QED) is 0.191. The fraction of sp³-hybridized carbons (Fsp3) is 0.917. The Morgan fingerprint density at radius 3 is 2.28 bits per heavy atom. The van der Waals surface area contributed by atoms with E-state index in [1.54, 1.807) is 21.0 Å². The number of likely N-dealkylation sites (N-methyl/N-ethyl adjacent to an activating group) is 2. The van der Waals surface area contributed by atoms with E-state index in [4.69, 9.17) is 29.4 Å². The summed E-state index contributed by atoms with van der Waals surface area (Å²) in [6.07, 6.45) is -6.17. The second-order valence-corrected chi connectivity index (χ2v) is 15.7. The molecule has 2 saturated heterocycles. The molecule has 0 aromatic rings. The Hall–Kier alpha value is -1.91. The number of ether oxygens (including phenoxy) is 5. The molecule has 2 fully saturated rings. The maximum Gasteiger partial charge on any atom is 0.405 e. The van der Waals surface area contributed by atoms with E-state index < -0.39 is 84.2 Å². The Labute approximate surface area is 300 Å². The summed E-state index contributed by atoms with van der Waals surface area (Å²) in [6.45, 7) is 17.9. The van der Waals surface area contributed by atoms with Gasteiger partial charge < -0.3 is 54.7 Å². The van der Waals surface area contributed by atoms with Gasteiger partial charge in [-0.25, -0.2) is 4.79 Å². The first-order valence-electron chi connectivity index (χ1n) is 18.1. The van der Waals surface area contributed by atoms with E-state index in [1.807, 2.05) is 72.5 Å². The summed E-state index contributed by atoms with van der Waals surface area (Å²) in [5.41, 5.74) is 3.13. The van der Waals surface area contributed by atoms with Crippen LogP contribution < -0.4 is 11.1 Å². The molecule has 4 unspecified atom stereocenters. The van der Waals surface area contributed by atoms with Crippen LogP contribution in [0.3, 0.4) is 0 Å². The number of primary amides is 1. The standard InChI is InChI=1S/C36H68N4O10/c1-14-29-36(9,50-34(37)45)23(6)24(7)38-18-21(4)17-35(8,46-13)32(22(5)26(41)16-30(43)48-29)49-33-31(44)25(39(10)11)15-28(47-33)27(42)19-40(12)20(2)3/h20-25,27-29,31-33,38,42,44H,14-19H2,1-13H3,(H2,37,45)/t21-,22+,23-,24-,25?,27?,28?,29-,31?,32-,33+,35-,36+/m1/s1. The number of nitrogens with zero attached hydrogens (tertiary/aromatic N) is 2. The number of aliphatic hydroxyl groups excluding tert-OH is 2. The van der Waals surface area contributed by atoms with Gasteiger partial charge in [0.25, 0.3) is 0 Å². The monoisotopic (exact) mass is 716 g/mol. The maximum atomic E-state index is 14.0. The molecule has 2 heterocycles. The zero-order valence-electron chi connectivity index (χ0n) is 32.8. The van der Waals surface area contributed by atoms with Gasteiger partial charge in [0.2, 0.25) is 0 Å². The third kappa shape index (κ3) is 11.0. The van der Waals surface area contributed by atoms with E-state index in [0.29, 0.717) is 32.4 Å². The molecule has 0 aromatic heterocycles. The highest BCUT2D eigenvalue weighted by Gasteiger charge is 2.50. The van der Waals surface area contributed by atoms with Gasteiger partial charge in [0.05, 0.1) is 23.9 Å². The molecule has 13 atom stereocenters. The SMILES string of the molecule is CC[C@H]1OC(=O)CC(=O)[C@H](C)[C@@H](O[C@@H]2OC(C(O)CN(C)C(C)C)CC(N(C)C)C2O)[C@](C)(OC)C[C@@H](C)CN[C@H](C)[C@@H](C)[C@]1(C)OC(N)=O. The van der Waals surface area contributed by atoms with Crippen LogP contribution >= 0.6 is 0 Å². The van der Waals surface area contributed by atoms with Crippen LogP contribution in [-0.2, 0) is 33.3 Å². The number of rotatable bonds is 10. The van der Waals surface area contributed by atoms with E-state index in [-0.39, 0.29) is 23.9 Å². The van der Waals surface area contributed by atoms with Gasteiger partial charge in [-0.05, 0) is 87.5 Å². The van der Waals surface area contributed by atoms with Crippen molar-refractivity contribution in [3.63, 3.8) is 0 Å². The lowest BCUT2D eigenvalue weighted by atomic mass is 9.79. The van der Waals surface area contributed by atoms with Gasteiger partial charge in [0.15, 0.2) is 11.9 Å². The minimum Gasteiger partial charge on any atom is -0.458 e. The lowest BCUT2D eigenvalue weighted by Crippen LogP contribution is -2.61. The number of cyclic esters (lactones) is 1. The van der Waals surface area contributed by atoms with E-state index in [9.17, 15) is 24.6 Å². The van der Waals surface area contributed by atoms with E-state index in [0.717, 1.165) is 0 Å². The van der Waals surface area contributed by atoms with Crippen LogP contribution in [0.25, 0.3) is 0 Å². The Kier molecular flexibility index (Phi) is 16.6. The summed E-state index contributed by atoms with van der Waals surface area (Å²) >= 11 is 0. The van der Waals surface area contributed by atoms with Crippen molar-refractivity contribution < 1.29 is 48.3 Å². The molecule has 0 radical (unpaired) electrons. The zero-order valence-corrected chi connectivity index (χ0v) is 32.8. The molecule has 50 heavy (non-hydrogen) atoms. The number of amides is 1. The van der Waals surface area contributed by atoms with Crippen molar-refractivity contribution in [3.8, 4) is 0 Å². The number of Topliss-reactive ketones (excluding diaryl/α,β-unsaturated/α-hetero) is 1. The van der Waals surface area contributed by atoms with Gasteiger partial charge in [-0.1, -0.05) is 27.7 Å². The molecule has 14 nitrogen and oxygen atoms in total. The summed E-state index contributed by atoms with van der Waals surface area (Å²) in [5, 5.41) is 26.4. The third-order valence-electron chi connectivity index (χ3n) is 11.3. The summed E-state index contributed by atoms with van der Waals surface area (Å²) in [6, 6.07) is -0.414. The summed E-state index contributed by atoms with van der Waals surface area (Å²) < 4.78 is 30.7. The van der Waals surface area contributed by atoms with Crippen molar-refractivity contribution in [2.45, 2.75) is 154 Å². The van der Waals surface area contributed by atoms with Gasteiger partial charge in [-0.3, -0.25) is 9.59 Å². The van der Waals surface area contributed by atoms with E-state index in [1.165, 1.54) is 0 Å². The minimum atomic E-state index is -1.28. The molecule has 1 amide bonds. The first-order valence-corrected chi connectivity index (χ1v) is 18.1. The smallest absolute Gasteiger partial charge is 0.405 e. The van der Waals surface area contributed by atoms with Gasteiger partial charge in [-0.2, -0.15) is 0 Å². The topological polar surface area (TPSA) is 182 Å². The summed E-state index contributed by atoms with van der Waals surface area (Å²) in [5.74, 6) is -2.50. The van der Waals surface area contributed by atoms with E-state index >= 15 is 0 Å². The summed E-state index contributed by atoms with van der Waals surface area (Å²) in [7, 11) is 7.17. The van der Waals surface area contributed by atoms with Gasteiger partial charge in [0.1, 0.15) is 24.4 Å². The highest BCUT2D eigenvalue weighted by molar-refractivity contribution is 5.97. The lowest BCUT2D eigenvalue weighted by Gasteiger charge is -2.47. The highest BCUT2D eigenvalue weighted by atomic mass is 16.7. The average molecular weight is 717 g/mol. The molecule has 2 aliphatic heterocycles. The number of carbonyl (C=O) groups is 3. The van der Waals surface area contributed by atoms with Crippen LogP contribution in [-0.4, -0.2) is 145 Å². The molecule has 0 aliphatic carbocycles. The number of methoxy groups -OCH3 is 1. The Bertz CT molecular complexity index is 1110. The Balaban J connectivity index is 2.56. The number of aliphatic hydroxyl groups is 2. The second-order valence-electron chi connectivity index (χ2n) is 15.7. The largest absolute Gasteiger partial charge is 0.458 e. The predicted molar refractivity (Wildman–Crippen MR) is 189 cm³/mol. The van der Waals surface area contributed by atoms with Crippen LogP contribution in [0.15, 0.2) is 0 Å². The molecule has 2 rings (SSSR count). The lowest BCUT2D eigenvalue weighted by molar-refractivity contribution is -0.307. The highest BCUT2D eigenvalue weighted by Crippen LogP contribution is 2.37. The van der Waals surface area contributed by atoms with Crippen LogP contribution in [0, 0.1) is 17.8 Å². The summed E-state index contributed by atoms with van der Waals surface area (Å²) in [4.78, 5) is 43.3. The van der Waals surface area contributed by atoms with Gasteiger partial charge in [0, 0.05) is 43.6 Å². The number of nitrogens with one attached hydrogen (secondary N) is 1. The number of hydrogen-bond donors (Lipinski definition) is 4. The number of ketones is 1. The van der Waals surface area contributed by atoms with Crippen LogP contribution in [0.5, 0.6) is 0 Å². The molecule has 5 N–H and O–H groups in total. The van der Waals surface area contributed by atoms with Crippen LogP contribution in [0.4, 0.5) is 4.79 Å². The van der Waals surface area contributed by atoms with Crippen molar-refractivity contribution >= 4 is 17.8 Å². The fourth-order valence-corrected chi connectivity index (χ4v) is 7.39. The van der Waals surface area contributed by atoms with Crippen LogP contribution in [0.2, 0.25) is 0 Å². The second kappa shape index (κ2) is 18.7. The Morgan fingerprint density at radius 1 is 1.14 bits per heavy atom. The van der Waals surface area contributed by atoms with Gasteiger partial charge in [-0.15, -0.1) is 0 Å². The van der Waals surface area contributed by atoms with Crippen LogP contribution in [0.1, 0.15) is 88.0 Å². The van der Waals surface area contributed by atoms with Crippen molar-refractivity contribution in [1.29, 1.82) is 0 Å². The number of esters is 1. The number of nitrogens with two attached hydrogens (primary N) is 1. The first kappa shape index (κ1) is 44.3. The predicted octanol–water partition coefficient (Wildman–Crippen LogP) is 2.31. The molecular weight excluding hydrogens is 648 g/mol. The van der Waals surface area contributed by atoms with Crippen molar-refractivity contribution in [1.82, 2.24) is 15.1 Å². The molecule has 292 valence electrons. The molecule has 14 heteroatoms. The van der Waals surface area contributed by atoms with Crippen molar-refractivity contribution in [2.75, 3.05) is 41.3 Å². The zero-order chi connectivity index (χ0) is 38.3. The molecule has 0 spiro atoms. The normalized spacial score (nSPS) is 39.2. The molecule has 0 aromatic carbocycles. The molecule has 0 saturated carbocycles. The maximum absolute atomic E-state index is 14.0. The minimum absolute atomic E-state index is 0.0100. The third-order valence-corrected chi connectivity index (χ3v) is 11.3. The average Bonchev–Trinajstić information content (AvgIpc) is 3.03.